The lowest BCUT2D eigenvalue weighted by Crippen LogP contribution is -2.57. The number of rotatable bonds is 9. The van der Waals surface area contributed by atoms with E-state index in [1.54, 1.807) is 23.8 Å². The summed E-state index contributed by atoms with van der Waals surface area (Å²) in [5, 5.41) is 4.54. The van der Waals surface area contributed by atoms with E-state index in [1.165, 1.54) is 0 Å². The van der Waals surface area contributed by atoms with Gasteiger partial charge in [-0.3, -0.25) is 14.5 Å². The van der Waals surface area contributed by atoms with Crippen LogP contribution in [0, 0.1) is 0 Å². The van der Waals surface area contributed by atoms with Crippen LogP contribution in [-0.2, 0) is 4.79 Å². The molecule has 2 atom stereocenters. The second kappa shape index (κ2) is 11.7. The molecule has 1 aliphatic heterocycles. The van der Waals surface area contributed by atoms with Gasteiger partial charge in [0.2, 0.25) is 5.95 Å². The zero-order valence-corrected chi connectivity index (χ0v) is 23.7. The van der Waals surface area contributed by atoms with Crippen molar-refractivity contribution in [3.8, 4) is 5.75 Å². The summed E-state index contributed by atoms with van der Waals surface area (Å²) in [7, 11) is 0. The smallest absolute Gasteiger partial charge is 0.293 e. The maximum atomic E-state index is 13.1. The van der Waals surface area contributed by atoms with Crippen LogP contribution in [0.1, 0.15) is 54.0 Å². The van der Waals surface area contributed by atoms with Gasteiger partial charge in [0.15, 0.2) is 17.4 Å². The van der Waals surface area contributed by atoms with E-state index in [-0.39, 0.29) is 29.7 Å². The van der Waals surface area contributed by atoms with Gasteiger partial charge in [0.25, 0.3) is 5.56 Å². The van der Waals surface area contributed by atoms with E-state index in [1.807, 2.05) is 32.0 Å². The highest BCUT2D eigenvalue weighted by Crippen LogP contribution is 2.29. The zero-order chi connectivity index (χ0) is 27.6. The minimum absolute atomic E-state index is 0.0647. The molecule has 0 aliphatic carbocycles. The van der Waals surface area contributed by atoms with Gasteiger partial charge in [-0.05, 0) is 58.5 Å². The third-order valence-corrected chi connectivity index (χ3v) is 7.32. The number of ether oxygens (including phenoxy) is 1. The average Bonchev–Trinajstić information content (AvgIpc) is 2.88. The van der Waals surface area contributed by atoms with Crippen molar-refractivity contribution in [1.82, 2.24) is 19.4 Å². The van der Waals surface area contributed by atoms with Crippen LogP contribution in [0.25, 0.3) is 10.9 Å². The molecule has 204 valence electrons. The number of nitrogens with one attached hydrogen (secondary N) is 1. The first-order chi connectivity index (χ1) is 18.1. The number of likely N-dealkylation sites (N-methyl/N-ethyl adjacent to an activating group) is 1. The molecule has 1 fully saturated rings. The molecule has 1 aliphatic rings. The Kier molecular flexibility index (Phi) is 8.57. The van der Waals surface area contributed by atoms with Crippen molar-refractivity contribution in [1.29, 1.82) is 0 Å². The predicted molar refractivity (Wildman–Crippen MR) is 153 cm³/mol. The van der Waals surface area contributed by atoms with Crippen molar-refractivity contribution in [3.63, 3.8) is 0 Å². The van der Waals surface area contributed by atoms with E-state index in [4.69, 9.17) is 21.3 Å². The molecule has 3 aromatic rings. The van der Waals surface area contributed by atoms with E-state index in [0.29, 0.717) is 35.3 Å². The molecule has 3 heterocycles. The van der Waals surface area contributed by atoms with Crippen molar-refractivity contribution in [2.24, 2.45) is 0 Å². The van der Waals surface area contributed by atoms with E-state index in [9.17, 15) is 9.59 Å². The number of carbonyl (C=O) groups is 1. The Hall–Kier alpha value is -3.17. The Balaban J connectivity index is 1.65. The summed E-state index contributed by atoms with van der Waals surface area (Å²) in [5.41, 5.74) is 1.27. The normalized spacial score (nSPS) is 18.3. The predicted octanol–water partition coefficient (Wildman–Crippen LogP) is 5.05. The number of anilines is 3. The molecular formula is C28H37ClN6O3. The van der Waals surface area contributed by atoms with Crippen molar-refractivity contribution in [2.45, 2.75) is 66.1 Å². The molecule has 10 heteroatoms. The molecule has 0 unspecified atom stereocenters. The second-order valence-corrected chi connectivity index (χ2v) is 10.6. The van der Waals surface area contributed by atoms with Crippen molar-refractivity contribution in [3.05, 3.63) is 45.8 Å². The van der Waals surface area contributed by atoms with Crippen molar-refractivity contribution in [2.75, 3.05) is 36.5 Å². The SMILES string of the molecule is CCC(=O)COc1cc2cc(Nc3nc(N4C[C@@H](C)N(CC)[C@@H](C)C4)ncc3Cl)ccc2n(C(C)C)c1=O. The molecule has 1 saturated heterocycles. The molecule has 0 bridgehead atoms. The molecule has 2 aromatic heterocycles. The zero-order valence-electron chi connectivity index (χ0n) is 23.0. The van der Waals surface area contributed by atoms with Crippen LogP contribution in [0.2, 0.25) is 5.02 Å². The van der Waals surface area contributed by atoms with Gasteiger partial charge in [0, 0.05) is 48.7 Å². The molecule has 4 rings (SSSR count). The third kappa shape index (κ3) is 5.78. The second-order valence-electron chi connectivity index (χ2n) is 10.2. The number of benzene rings is 1. The highest BCUT2D eigenvalue weighted by atomic mass is 35.5. The van der Waals surface area contributed by atoms with Gasteiger partial charge in [-0.25, -0.2) is 4.98 Å². The molecule has 0 amide bonds. The molecule has 38 heavy (non-hydrogen) atoms. The Morgan fingerprint density at radius 2 is 1.89 bits per heavy atom. The molecule has 1 N–H and O–H groups in total. The number of pyridine rings is 1. The summed E-state index contributed by atoms with van der Waals surface area (Å²) in [4.78, 5) is 38.8. The number of nitrogens with zero attached hydrogens (tertiary/aromatic N) is 5. The summed E-state index contributed by atoms with van der Waals surface area (Å²) in [6.07, 6.45) is 1.98. The lowest BCUT2D eigenvalue weighted by Gasteiger charge is -2.44. The average molecular weight is 541 g/mol. The van der Waals surface area contributed by atoms with Gasteiger partial charge >= 0.3 is 0 Å². The number of Topliss-reactive ketones (excluding diaryl/α,β-unsaturated/α-hetero) is 1. The lowest BCUT2D eigenvalue weighted by molar-refractivity contribution is -0.120. The maximum Gasteiger partial charge on any atom is 0.293 e. The summed E-state index contributed by atoms with van der Waals surface area (Å²) in [5.74, 6) is 1.24. The Bertz CT molecular complexity index is 1360. The lowest BCUT2D eigenvalue weighted by atomic mass is 10.1. The van der Waals surface area contributed by atoms with Crippen molar-refractivity contribution >= 4 is 45.7 Å². The van der Waals surface area contributed by atoms with Gasteiger partial charge < -0.3 is 19.5 Å². The van der Waals surface area contributed by atoms with E-state index in [2.05, 4.69) is 40.9 Å². The molecule has 9 nitrogen and oxygen atoms in total. The van der Waals surface area contributed by atoms with Gasteiger partial charge in [0.05, 0.1) is 11.7 Å². The van der Waals surface area contributed by atoms with Crippen LogP contribution in [0.3, 0.4) is 0 Å². The Morgan fingerprint density at radius 1 is 1.18 bits per heavy atom. The molecule has 1 aromatic carbocycles. The van der Waals surface area contributed by atoms with Crippen LogP contribution in [0.4, 0.5) is 17.5 Å². The topological polar surface area (TPSA) is 92.6 Å². The Morgan fingerprint density at radius 3 is 2.53 bits per heavy atom. The van der Waals surface area contributed by atoms with Gasteiger partial charge in [0.1, 0.15) is 11.6 Å². The monoisotopic (exact) mass is 540 g/mol. The maximum absolute atomic E-state index is 13.1. The van der Waals surface area contributed by atoms with Crippen LogP contribution in [0.15, 0.2) is 35.3 Å². The number of carbonyl (C=O) groups excluding carboxylic acids is 1. The minimum Gasteiger partial charge on any atom is -0.480 e. The largest absolute Gasteiger partial charge is 0.480 e. The van der Waals surface area contributed by atoms with E-state index >= 15 is 0 Å². The quantitative estimate of drug-likeness (QED) is 0.403. The number of hydrogen-bond acceptors (Lipinski definition) is 8. The summed E-state index contributed by atoms with van der Waals surface area (Å²) in [6, 6.07) is 8.09. The molecular weight excluding hydrogens is 504 g/mol. The molecule has 0 saturated carbocycles. The fourth-order valence-corrected chi connectivity index (χ4v) is 5.29. The van der Waals surface area contributed by atoms with Gasteiger partial charge in [-0.1, -0.05) is 25.4 Å². The first kappa shape index (κ1) is 27.9. The summed E-state index contributed by atoms with van der Waals surface area (Å²) < 4.78 is 7.31. The highest BCUT2D eigenvalue weighted by molar-refractivity contribution is 6.32. The summed E-state index contributed by atoms with van der Waals surface area (Å²) in [6.45, 7) is 14.9. The first-order valence-corrected chi connectivity index (χ1v) is 13.6. The number of ketones is 1. The number of halogens is 1. The number of piperazine rings is 1. The van der Waals surface area contributed by atoms with E-state index in [0.717, 1.165) is 36.2 Å². The minimum atomic E-state index is -0.257. The van der Waals surface area contributed by atoms with Crippen LogP contribution in [0.5, 0.6) is 5.75 Å². The fourth-order valence-electron chi connectivity index (χ4n) is 5.15. The number of hydrogen-bond donors (Lipinski definition) is 1. The highest BCUT2D eigenvalue weighted by Gasteiger charge is 2.29. The summed E-state index contributed by atoms with van der Waals surface area (Å²) >= 11 is 6.49. The first-order valence-electron chi connectivity index (χ1n) is 13.3. The van der Waals surface area contributed by atoms with Crippen LogP contribution < -0.4 is 20.5 Å². The van der Waals surface area contributed by atoms with Crippen LogP contribution >= 0.6 is 11.6 Å². The van der Waals surface area contributed by atoms with Crippen LogP contribution in [-0.4, -0.2) is 63.5 Å². The molecule has 0 spiro atoms. The van der Waals surface area contributed by atoms with Gasteiger partial charge in [-0.15, -0.1) is 0 Å². The van der Waals surface area contributed by atoms with E-state index < -0.39 is 0 Å². The van der Waals surface area contributed by atoms with Gasteiger partial charge in [-0.2, -0.15) is 4.98 Å². The molecule has 0 radical (unpaired) electrons. The van der Waals surface area contributed by atoms with Crippen molar-refractivity contribution < 1.29 is 9.53 Å². The number of aromatic nitrogens is 3. The number of fused-ring (bicyclic) bond motifs is 1. The Labute approximate surface area is 228 Å². The third-order valence-electron chi connectivity index (χ3n) is 7.05. The fraction of sp³-hybridized carbons (Fsp3) is 0.500. The standard InChI is InChI=1S/C28H37ClN6O3/c1-7-22(36)16-38-25-12-20-11-21(9-10-24(20)35(17(3)4)27(25)37)31-26-23(29)13-30-28(32-26)33-14-18(5)34(8-2)19(6)15-33/h9-13,17-19H,7-8,14-16H2,1-6H3,(H,30,31,32)/t18-,19+.